The quantitative estimate of drug-likeness (QED) is 0.768. The predicted octanol–water partition coefficient (Wildman–Crippen LogP) is 3.62. The van der Waals surface area contributed by atoms with E-state index in [1.807, 2.05) is 0 Å². The van der Waals surface area contributed by atoms with E-state index >= 15 is 0 Å². The van der Waals surface area contributed by atoms with Gasteiger partial charge in [-0.3, -0.25) is 0 Å². The van der Waals surface area contributed by atoms with Crippen molar-refractivity contribution in [2.45, 2.75) is 39.2 Å². The maximum absolute atomic E-state index is 11.3. The summed E-state index contributed by atoms with van der Waals surface area (Å²) in [5, 5.41) is 3.52. The van der Waals surface area contributed by atoms with Gasteiger partial charge in [-0.1, -0.05) is 40.5 Å². The number of aryl methyl sites for hydroxylation is 1. The summed E-state index contributed by atoms with van der Waals surface area (Å²) in [6.45, 7) is 5.14. The fourth-order valence-corrected chi connectivity index (χ4v) is 3.38. The van der Waals surface area contributed by atoms with Crippen molar-refractivity contribution in [2.24, 2.45) is 0 Å². The van der Waals surface area contributed by atoms with Gasteiger partial charge in [-0.25, -0.2) is 8.42 Å². The molecule has 114 valence electrons. The van der Waals surface area contributed by atoms with Crippen LogP contribution in [0.2, 0.25) is 0 Å². The molecule has 1 atom stereocenters. The lowest BCUT2D eigenvalue weighted by atomic mass is 10.0. The summed E-state index contributed by atoms with van der Waals surface area (Å²) in [6.07, 6.45) is 3.87. The van der Waals surface area contributed by atoms with Gasteiger partial charge in [0.05, 0.1) is 0 Å². The summed E-state index contributed by atoms with van der Waals surface area (Å²) in [5.41, 5.74) is 2.43. The number of nitrogens with one attached hydrogen (secondary N) is 1. The highest BCUT2D eigenvalue weighted by Gasteiger charge is 2.15. The Morgan fingerprint density at radius 3 is 2.65 bits per heavy atom. The molecule has 0 radical (unpaired) electrons. The molecule has 0 aliphatic rings. The van der Waals surface area contributed by atoms with Crippen molar-refractivity contribution in [3.05, 3.63) is 33.8 Å². The van der Waals surface area contributed by atoms with Gasteiger partial charge in [0.2, 0.25) is 0 Å². The monoisotopic (exact) mass is 361 g/mol. The fourth-order valence-electron chi connectivity index (χ4n) is 2.17. The van der Waals surface area contributed by atoms with Crippen LogP contribution in [0.5, 0.6) is 0 Å². The molecule has 0 spiro atoms. The largest absolute Gasteiger partial charge is 0.310 e. The molecule has 0 saturated heterocycles. The molecule has 20 heavy (non-hydrogen) atoms. The molecule has 0 aromatic heterocycles. The SMILES string of the molecule is CCCNC(CCCS(C)(=O)=O)c1cc(C)ccc1Br. The van der Waals surface area contributed by atoms with Crippen LogP contribution >= 0.6 is 15.9 Å². The lowest BCUT2D eigenvalue weighted by Gasteiger charge is -2.21. The van der Waals surface area contributed by atoms with Crippen molar-refractivity contribution in [1.82, 2.24) is 5.32 Å². The molecule has 1 N–H and O–H groups in total. The second kappa shape index (κ2) is 8.15. The van der Waals surface area contributed by atoms with Gasteiger partial charge < -0.3 is 5.32 Å². The minimum Gasteiger partial charge on any atom is -0.310 e. The predicted molar refractivity (Wildman–Crippen MR) is 88.9 cm³/mol. The van der Waals surface area contributed by atoms with Crippen molar-refractivity contribution in [3.63, 3.8) is 0 Å². The van der Waals surface area contributed by atoms with Crippen LogP contribution in [0.1, 0.15) is 43.4 Å². The average Bonchev–Trinajstić information content (AvgIpc) is 2.35. The van der Waals surface area contributed by atoms with Crippen LogP contribution in [0.3, 0.4) is 0 Å². The van der Waals surface area contributed by atoms with Crippen molar-refractivity contribution in [2.75, 3.05) is 18.6 Å². The second-order valence-corrected chi connectivity index (χ2v) is 8.42. The third kappa shape index (κ3) is 6.37. The van der Waals surface area contributed by atoms with E-state index in [1.165, 1.54) is 17.4 Å². The first-order valence-corrected chi connectivity index (χ1v) is 9.86. The van der Waals surface area contributed by atoms with Gasteiger partial charge in [0.25, 0.3) is 0 Å². The zero-order valence-corrected chi connectivity index (χ0v) is 14.9. The third-order valence-corrected chi connectivity index (χ3v) is 4.93. The number of hydrogen-bond donors (Lipinski definition) is 1. The van der Waals surface area contributed by atoms with Crippen LogP contribution in [-0.2, 0) is 9.84 Å². The first-order valence-electron chi connectivity index (χ1n) is 7.00. The van der Waals surface area contributed by atoms with Gasteiger partial charge in [0.1, 0.15) is 9.84 Å². The summed E-state index contributed by atoms with van der Waals surface area (Å²) in [7, 11) is -2.88. The van der Waals surface area contributed by atoms with Crippen LogP contribution in [0.25, 0.3) is 0 Å². The van der Waals surface area contributed by atoms with Crippen molar-refractivity contribution in [3.8, 4) is 0 Å². The average molecular weight is 362 g/mol. The van der Waals surface area contributed by atoms with Crippen molar-refractivity contribution >= 4 is 25.8 Å². The van der Waals surface area contributed by atoms with Gasteiger partial charge in [-0.2, -0.15) is 0 Å². The topological polar surface area (TPSA) is 46.2 Å². The van der Waals surface area contributed by atoms with Crippen LogP contribution in [0.4, 0.5) is 0 Å². The summed E-state index contributed by atoms with van der Waals surface area (Å²) >= 11 is 3.60. The highest BCUT2D eigenvalue weighted by atomic mass is 79.9. The van der Waals surface area contributed by atoms with Crippen molar-refractivity contribution < 1.29 is 8.42 Å². The maximum atomic E-state index is 11.3. The van der Waals surface area contributed by atoms with Crippen LogP contribution in [0.15, 0.2) is 22.7 Å². The summed E-state index contributed by atoms with van der Waals surface area (Å²) in [5.74, 6) is 0.251. The van der Waals surface area contributed by atoms with E-state index in [9.17, 15) is 8.42 Å². The highest BCUT2D eigenvalue weighted by molar-refractivity contribution is 9.10. The Morgan fingerprint density at radius 2 is 2.05 bits per heavy atom. The number of halogens is 1. The van der Waals surface area contributed by atoms with E-state index in [0.717, 1.165) is 23.9 Å². The van der Waals surface area contributed by atoms with Gasteiger partial charge in [-0.05, 0) is 44.4 Å². The fraction of sp³-hybridized carbons (Fsp3) is 0.600. The highest BCUT2D eigenvalue weighted by Crippen LogP contribution is 2.27. The molecular weight excluding hydrogens is 338 g/mol. The Labute approximate surface area is 131 Å². The molecule has 0 bridgehead atoms. The molecule has 0 aliphatic heterocycles. The first kappa shape index (κ1) is 17.7. The van der Waals surface area contributed by atoms with E-state index in [2.05, 4.69) is 53.3 Å². The lowest BCUT2D eigenvalue weighted by Crippen LogP contribution is -2.23. The van der Waals surface area contributed by atoms with Crippen molar-refractivity contribution in [1.29, 1.82) is 0 Å². The molecule has 0 saturated carbocycles. The lowest BCUT2D eigenvalue weighted by molar-refractivity contribution is 0.491. The van der Waals surface area contributed by atoms with E-state index in [-0.39, 0.29) is 11.8 Å². The van der Waals surface area contributed by atoms with E-state index in [0.29, 0.717) is 6.42 Å². The molecule has 0 aliphatic carbocycles. The first-order chi connectivity index (χ1) is 9.33. The van der Waals surface area contributed by atoms with Crippen LogP contribution in [0, 0.1) is 6.92 Å². The molecule has 3 nitrogen and oxygen atoms in total. The van der Waals surface area contributed by atoms with Gasteiger partial charge in [0.15, 0.2) is 0 Å². The van der Waals surface area contributed by atoms with Crippen LogP contribution < -0.4 is 5.32 Å². The normalized spacial score (nSPS) is 13.4. The van der Waals surface area contributed by atoms with Crippen LogP contribution in [-0.4, -0.2) is 27.0 Å². The molecule has 0 amide bonds. The van der Waals surface area contributed by atoms with Gasteiger partial charge >= 0.3 is 0 Å². The van der Waals surface area contributed by atoms with Gasteiger partial charge in [-0.15, -0.1) is 0 Å². The standard InChI is InChI=1S/C15H24BrNO2S/c1-4-9-17-15(6-5-10-20(3,18)19)13-11-12(2)7-8-14(13)16/h7-8,11,15,17H,4-6,9-10H2,1-3H3. The van der Waals surface area contributed by atoms with E-state index in [1.54, 1.807) is 0 Å². The summed E-state index contributed by atoms with van der Waals surface area (Å²) in [4.78, 5) is 0. The summed E-state index contributed by atoms with van der Waals surface area (Å²) in [6, 6.07) is 6.49. The number of benzene rings is 1. The Bertz CT molecular complexity index is 529. The molecule has 0 fully saturated rings. The molecule has 1 aromatic rings. The zero-order valence-electron chi connectivity index (χ0n) is 12.4. The second-order valence-electron chi connectivity index (χ2n) is 5.30. The van der Waals surface area contributed by atoms with E-state index < -0.39 is 9.84 Å². The third-order valence-electron chi connectivity index (χ3n) is 3.18. The molecule has 1 aromatic carbocycles. The Morgan fingerprint density at radius 1 is 1.35 bits per heavy atom. The maximum Gasteiger partial charge on any atom is 0.147 e. The molecule has 5 heteroatoms. The summed E-state index contributed by atoms with van der Waals surface area (Å²) < 4.78 is 23.6. The number of sulfone groups is 1. The minimum atomic E-state index is -2.88. The molecular formula is C15H24BrNO2S. The molecule has 0 heterocycles. The Kier molecular flexibility index (Phi) is 7.20. The van der Waals surface area contributed by atoms with Gasteiger partial charge in [0, 0.05) is 22.5 Å². The number of rotatable bonds is 8. The van der Waals surface area contributed by atoms with E-state index in [4.69, 9.17) is 0 Å². The smallest absolute Gasteiger partial charge is 0.147 e. The Hall–Kier alpha value is -0.390. The molecule has 1 unspecified atom stereocenters. The molecule has 1 rings (SSSR count). The Balaban J connectivity index is 2.80. The zero-order chi connectivity index (χ0) is 15.2. The minimum absolute atomic E-state index is 0.200. The number of hydrogen-bond acceptors (Lipinski definition) is 3.